The van der Waals surface area contributed by atoms with Crippen LogP contribution in [0.4, 0.5) is 11.5 Å². The van der Waals surface area contributed by atoms with Crippen molar-refractivity contribution in [2.75, 3.05) is 23.3 Å². The van der Waals surface area contributed by atoms with Gasteiger partial charge in [-0.15, -0.1) is 0 Å². The number of hydrogen-bond donors (Lipinski definition) is 3. The van der Waals surface area contributed by atoms with E-state index in [0.29, 0.717) is 5.82 Å². The van der Waals surface area contributed by atoms with Gasteiger partial charge in [0.2, 0.25) is 5.91 Å². The third kappa shape index (κ3) is 4.62. The largest absolute Gasteiger partial charge is 0.355 e. The van der Waals surface area contributed by atoms with E-state index in [1.807, 2.05) is 36.7 Å². The first-order valence-corrected chi connectivity index (χ1v) is 14.1. The molecule has 1 aliphatic heterocycles. The number of nitrogens with one attached hydrogen (secondary N) is 3. The average Bonchev–Trinajstić information content (AvgIpc) is 3.62. The molecule has 0 spiro atoms. The van der Waals surface area contributed by atoms with Gasteiger partial charge < -0.3 is 15.2 Å². The first-order valence-electron chi connectivity index (χ1n) is 14.1. The SMILES string of the molecule is O=C(Nc1cncc(-c2ccc3[nH]nc(-c4nc5c(N6CCCCC6)nccc5[nH]4)c3c2)c1)C1CCCCC1. The van der Waals surface area contributed by atoms with Gasteiger partial charge in [0.15, 0.2) is 11.6 Å². The molecule has 1 aromatic carbocycles. The number of carbonyl (C=O) groups excluding carboxylic acids is 1. The molecule has 4 aromatic heterocycles. The van der Waals surface area contributed by atoms with Crippen molar-refractivity contribution in [2.45, 2.75) is 51.4 Å². The summed E-state index contributed by atoms with van der Waals surface area (Å²) >= 11 is 0. The van der Waals surface area contributed by atoms with E-state index >= 15 is 0 Å². The molecule has 2 aliphatic rings. The molecule has 5 heterocycles. The van der Waals surface area contributed by atoms with Crippen LogP contribution in [0, 0.1) is 5.92 Å². The average molecular weight is 521 g/mol. The molecular formula is C30H32N8O. The van der Waals surface area contributed by atoms with E-state index in [0.717, 1.165) is 89.0 Å². The van der Waals surface area contributed by atoms with Crippen molar-refractivity contribution >= 4 is 39.3 Å². The summed E-state index contributed by atoms with van der Waals surface area (Å²) in [5, 5.41) is 11.8. The predicted octanol–water partition coefficient (Wildman–Crippen LogP) is 6.07. The molecule has 0 radical (unpaired) electrons. The summed E-state index contributed by atoms with van der Waals surface area (Å²) in [7, 11) is 0. The minimum Gasteiger partial charge on any atom is -0.355 e. The first kappa shape index (κ1) is 23.8. The summed E-state index contributed by atoms with van der Waals surface area (Å²) in [6.45, 7) is 2.02. The maximum Gasteiger partial charge on any atom is 0.227 e. The van der Waals surface area contributed by atoms with Gasteiger partial charge in [-0.3, -0.25) is 14.9 Å². The number of carbonyl (C=O) groups is 1. The Morgan fingerprint density at radius 2 is 1.77 bits per heavy atom. The molecule has 39 heavy (non-hydrogen) atoms. The van der Waals surface area contributed by atoms with Gasteiger partial charge in [0.1, 0.15) is 11.2 Å². The van der Waals surface area contributed by atoms with Gasteiger partial charge in [-0.2, -0.15) is 5.10 Å². The number of imidazole rings is 1. The lowest BCUT2D eigenvalue weighted by atomic mass is 9.88. The molecule has 0 unspecified atom stereocenters. The molecule has 1 saturated carbocycles. The van der Waals surface area contributed by atoms with Crippen LogP contribution in [0.25, 0.3) is 44.6 Å². The third-order valence-electron chi connectivity index (χ3n) is 8.14. The number of amides is 1. The first-order chi connectivity index (χ1) is 19.2. The molecule has 1 saturated heterocycles. The Balaban J connectivity index is 1.20. The lowest BCUT2D eigenvalue weighted by Crippen LogP contribution is -2.30. The van der Waals surface area contributed by atoms with Crippen LogP contribution < -0.4 is 10.2 Å². The van der Waals surface area contributed by atoms with Crippen LogP contribution in [0.2, 0.25) is 0 Å². The number of pyridine rings is 2. The second-order valence-electron chi connectivity index (χ2n) is 10.8. The Kier molecular flexibility index (Phi) is 6.19. The summed E-state index contributed by atoms with van der Waals surface area (Å²) in [6, 6.07) is 10.1. The van der Waals surface area contributed by atoms with Crippen molar-refractivity contribution in [3.05, 3.63) is 48.9 Å². The van der Waals surface area contributed by atoms with Crippen LogP contribution in [0.5, 0.6) is 0 Å². The van der Waals surface area contributed by atoms with E-state index in [1.54, 1.807) is 6.20 Å². The number of nitrogens with zero attached hydrogens (tertiary/aromatic N) is 5. The fraction of sp³-hybridized carbons (Fsp3) is 0.367. The molecule has 0 bridgehead atoms. The number of benzene rings is 1. The van der Waals surface area contributed by atoms with Gasteiger partial charge in [0, 0.05) is 42.4 Å². The lowest BCUT2D eigenvalue weighted by Gasteiger charge is -2.27. The number of aromatic nitrogens is 6. The Morgan fingerprint density at radius 1 is 0.923 bits per heavy atom. The smallest absolute Gasteiger partial charge is 0.227 e. The topological polar surface area (TPSA) is 115 Å². The molecule has 1 aliphatic carbocycles. The Morgan fingerprint density at radius 3 is 2.64 bits per heavy atom. The van der Waals surface area contributed by atoms with Gasteiger partial charge in [-0.1, -0.05) is 25.3 Å². The van der Waals surface area contributed by atoms with Crippen molar-refractivity contribution < 1.29 is 4.79 Å². The zero-order chi connectivity index (χ0) is 26.2. The van der Waals surface area contributed by atoms with Gasteiger partial charge >= 0.3 is 0 Å². The Hall–Kier alpha value is -4.27. The van der Waals surface area contributed by atoms with Gasteiger partial charge in [-0.25, -0.2) is 9.97 Å². The van der Waals surface area contributed by atoms with Crippen LogP contribution in [-0.4, -0.2) is 49.1 Å². The molecular weight excluding hydrogens is 488 g/mol. The Labute approximate surface area is 226 Å². The van der Waals surface area contributed by atoms with Crippen molar-refractivity contribution in [2.24, 2.45) is 5.92 Å². The van der Waals surface area contributed by atoms with Crippen molar-refractivity contribution in [1.29, 1.82) is 0 Å². The summed E-state index contributed by atoms with van der Waals surface area (Å²) in [4.78, 5) is 32.7. The lowest BCUT2D eigenvalue weighted by molar-refractivity contribution is -0.120. The summed E-state index contributed by atoms with van der Waals surface area (Å²) < 4.78 is 0. The normalized spacial score (nSPS) is 16.7. The second kappa shape index (κ2) is 10.1. The molecule has 2 fully saturated rings. The number of fused-ring (bicyclic) bond motifs is 2. The Bertz CT molecular complexity index is 1640. The van der Waals surface area contributed by atoms with Crippen LogP contribution >= 0.6 is 0 Å². The number of H-pyrrole nitrogens is 2. The molecule has 5 aromatic rings. The maximum atomic E-state index is 12.8. The van der Waals surface area contributed by atoms with E-state index in [-0.39, 0.29) is 11.8 Å². The summed E-state index contributed by atoms with van der Waals surface area (Å²) in [5.41, 5.74) is 6.20. The molecule has 9 nitrogen and oxygen atoms in total. The van der Waals surface area contributed by atoms with Crippen molar-refractivity contribution in [1.82, 2.24) is 30.1 Å². The van der Waals surface area contributed by atoms with Crippen LogP contribution in [0.15, 0.2) is 48.9 Å². The molecule has 7 rings (SSSR count). The predicted molar refractivity (Wildman–Crippen MR) is 153 cm³/mol. The number of aromatic amines is 2. The summed E-state index contributed by atoms with van der Waals surface area (Å²) in [5.74, 6) is 1.85. The highest BCUT2D eigenvalue weighted by molar-refractivity contribution is 5.97. The van der Waals surface area contributed by atoms with Gasteiger partial charge in [0.25, 0.3) is 0 Å². The van der Waals surface area contributed by atoms with E-state index in [9.17, 15) is 4.79 Å². The number of hydrogen-bond acceptors (Lipinski definition) is 6. The van der Waals surface area contributed by atoms with Gasteiger partial charge in [-0.05, 0) is 61.9 Å². The minimum atomic E-state index is 0.0988. The molecule has 198 valence electrons. The van der Waals surface area contributed by atoms with Crippen molar-refractivity contribution in [3.8, 4) is 22.6 Å². The highest BCUT2D eigenvalue weighted by Crippen LogP contribution is 2.33. The highest BCUT2D eigenvalue weighted by atomic mass is 16.1. The number of piperidine rings is 1. The zero-order valence-corrected chi connectivity index (χ0v) is 21.9. The van der Waals surface area contributed by atoms with Crippen molar-refractivity contribution in [3.63, 3.8) is 0 Å². The van der Waals surface area contributed by atoms with E-state index in [1.165, 1.54) is 25.7 Å². The van der Waals surface area contributed by atoms with Crippen LogP contribution in [0.1, 0.15) is 51.4 Å². The second-order valence-corrected chi connectivity index (χ2v) is 10.8. The maximum absolute atomic E-state index is 12.8. The number of rotatable bonds is 5. The number of anilines is 2. The highest BCUT2D eigenvalue weighted by Gasteiger charge is 2.22. The third-order valence-corrected chi connectivity index (χ3v) is 8.14. The quantitative estimate of drug-likeness (QED) is 0.259. The van der Waals surface area contributed by atoms with Crippen LogP contribution in [-0.2, 0) is 4.79 Å². The molecule has 1 amide bonds. The van der Waals surface area contributed by atoms with E-state index in [4.69, 9.17) is 4.98 Å². The fourth-order valence-corrected chi connectivity index (χ4v) is 6.02. The minimum absolute atomic E-state index is 0.0988. The molecule has 9 heteroatoms. The van der Waals surface area contributed by atoms with E-state index < -0.39 is 0 Å². The molecule has 0 atom stereocenters. The summed E-state index contributed by atoms with van der Waals surface area (Å²) in [6.07, 6.45) is 14.5. The van der Waals surface area contributed by atoms with Gasteiger partial charge in [0.05, 0.1) is 22.9 Å². The van der Waals surface area contributed by atoms with Crippen LogP contribution in [0.3, 0.4) is 0 Å². The fourth-order valence-electron chi connectivity index (χ4n) is 6.02. The zero-order valence-electron chi connectivity index (χ0n) is 21.9. The monoisotopic (exact) mass is 520 g/mol. The van der Waals surface area contributed by atoms with E-state index in [2.05, 4.69) is 41.4 Å². The molecule has 3 N–H and O–H groups in total. The standard InChI is InChI=1S/C30H32N8O/c39-30(19-7-3-1-4-8-19)33-22-15-21(17-31-18-22)20-9-10-24-23(16-20)26(37-36-24)28-34-25-11-12-32-29(27(25)35-28)38-13-5-2-6-14-38/h9-12,15-19H,1-8,13-14H2,(H,33,39)(H,34,35)(H,36,37).